The summed E-state index contributed by atoms with van der Waals surface area (Å²) in [5.41, 5.74) is 1.33. The summed E-state index contributed by atoms with van der Waals surface area (Å²) in [6.07, 6.45) is 13.2. The van der Waals surface area contributed by atoms with Crippen LogP contribution in [0.4, 0.5) is 0 Å². The van der Waals surface area contributed by atoms with E-state index in [1.807, 2.05) is 18.2 Å². The fraction of sp³-hybridized carbons (Fsp3) is 0.111. The lowest BCUT2D eigenvalue weighted by atomic mass is 10.1. The fourth-order valence-corrected chi connectivity index (χ4v) is 0.805. The number of allylic oxidation sites excluding steroid dienone is 7. The van der Waals surface area contributed by atoms with Gasteiger partial charge < -0.3 is 0 Å². The number of hydrogen-bond acceptors (Lipinski definition) is 0. The van der Waals surface area contributed by atoms with Crippen LogP contribution in [0.25, 0.3) is 0 Å². The molecule has 0 nitrogen and oxygen atoms in total. The SMILES string of the molecule is C=C/C=C1/C=CC=CC1. The Bertz CT molecular complexity index is 180. The highest BCUT2D eigenvalue weighted by atomic mass is 13.9. The molecule has 0 N–H and O–H groups in total. The van der Waals surface area contributed by atoms with Crippen molar-refractivity contribution in [3.05, 3.63) is 48.6 Å². The van der Waals surface area contributed by atoms with E-state index in [4.69, 9.17) is 0 Å². The second kappa shape index (κ2) is 3.08. The molecule has 0 spiro atoms. The maximum absolute atomic E-state index is 3.62. The van der Waals surface area contributed by atoms with Crippen molar-refractivity contribution >= 4 is 0 Å². The van der Waals surface area contributed by atoms with Gasteiger partial charge in [0.15, 0.2) is 0 Å². The molecule has 0 aromatic rings. The highest BCUT2D eigenvalue weighted by Crippen LogP contribution is 2.08. The normalized spacial score (nSPS) is 20.7. The van der Waals surface area contributed by atoms with Gasteiger partial charge in [0.05, 0.1) is 0 Å². The Labute approximate surface area is 55.9 Å². The second-order valence-corrected chi connectivity index (χ2v) is 1.97. The van der Waals surface area contributed by atoms with E-state index < -0.39 is 0 Å². The molecule has 0 atom stereocenters. The first kappa shape index (κ1) is 6.09. The molecule has 1 rings (SSSR count). The zero-order valence-corrected chi connectivity index (χ0v) is 5.38. The maximum atomic E-state index is 3.62. The topological polar surface area (TPSA) is 0 Å². The van der Waals surface area contributed by atoms with Crippen LogP contribution in [0.15, 0.2) is 48.6 Å². The summed E-state index contributed by atoms with van der Waals surface area (Å²) < 4.78 is 0. The van der Waals surface area contributed by atoms with Crippen LogP contribution in [-0.2, 0) is 0 Å². The highest BCUT2D eigenvalue weighted by molar-refractivity contribution is 5.31. The first-order valence-electron chi connectivity index (χ1n) is 3.08. The van der Waals surface area contributed by atoms with Crippen molar-refractivity contribution in [2.24, 2.45) is 0 Å². The van der Waals surface area contributed by atoms with Gasteiger partial charge in [-0.2, -0.15) is 0 Å². The Morgan fingerprint density at radius 3 is 2.89 bits per heavy atom. The third-order valence-corrected chi connectivity index (χ3v) is 1.24. The molecule has 0 saturated carbocycles. The molecule has 1 aliphatic carbocycles. The Balaban J connectivity index is 2.65. The predicted octanol–water partition coefficient (Wildman–Crippen LogP) is 2.61. The van der Waals surface area contributed by atoms with Crippen LogP contribution in [0.3, 0.4) is 0 Å². The van der Waals surface area contributed by atoms with Crippen LogP contribution in [0.5, 0.6) is 0 Å². The monoisotopic (exact) mass is 118 g/mol. The summed E-state index contributed by atoms with van der Waals surface area (Å²) in [7, 11) is 0. The lowest BCUT2D eigenvalue weighted by molar-refractivity contribution is 1.26. The summed E-state index contributed by atoms with van der Waals surface area (Å²) in [6.45, 7) is 3.62. The van der Waals surface area contributed by atoms with E-state index in [2.05, 4.69) is 24.8 Å². The minimum absolute atomic E-state index is 1.04. The van der Waals surface area contributed by atoms with Crippen LogP contribution >= 0.6 is 0 Å². The minimum atomic E-state index is 1.04. The molecular formula is C9H10. The third kappa shape index (κ3) is 1.73. The first-order chi connectivity index (χ1) is 4.43. The molecule has 0 saturated heterocycles. The van der Waals surface area contributed by atoms with Gasteiger partial charge in [-0.1, -0.05) is 43.0 Å². The van der Waals surface area contributed by atoms with Gasteiger partial charge in [-0.25, -0.2) is 0 Å². The molecule has 1 aliphatic rings. The highest BCUT2D eigenvalue weighted by Gasteiger charge is 1.88. The van der Waals surface area contributed by atoms with Gasteiger partial charge in [-0.05, 0) is 12.0 Å². The predicted molar refractivity (Wildman–Crippen MR) is 41.2 cm³/mol. The Hall–Kier alpha value is -1.04. The summed E-state index contributed by atoms with van der Waals surface area (Å²) in [5, 5.41) is 0. The fourth-order valence-electron chi connectivity index (χ4n) is 0.805. The third-order valence-electron chi connectivity index (χ3n) is 1.24. The van der Waals surface area contributed by atoms with Crippen LogP contribution in [-0.4, -0.2) is 0 Å². The lowest BCUT2D eigenvalue weighted by Crippen LogP contribution is -1.77. The molecule has 0 amide bonds. The van der Waals surface area contributed by atoms with Crippen molar-refractivity contribution < 1.29 is 0 Å². The molecule has 0 unspecified atom stereocenters. The standard InChI is InChI=1S/C9H10/c1-2-6-9-7-4-3-5-8-9/h2-7H,1,8H2/b9-6-. The molecule has 46 valence electrons. The van der Waals surface area contributed by atoms with Gasteiger partial charge in [0, 0.05) is 0 Å². The molecule has 0 aromatic heterocycles. The maximum Gasteiger partial charge on any atom is -0.00943 e. The van der Waals surface area contributed by atoms with Crippen molar-refractivity contribution in [3.63, 3.8) is 0 Å². The smallest absolute Gasteiger partial charge is 0.00943 e. The average Bonchev–Trinajstić information content (AvgIpc) is 1.91. The van der Waals surface area contributed by atoms with Gasteiger partial charge in [-0.3, -0.25) is 0 Å². The van der Waals surface area contributed by atoms with Crippen molar-refractivity contribution in [3.8, 4) is 0 Å². The van der Waals surface area contributed by atoms with Gasteiger partial charge in [0.2, 0.25) is 0 Å². The molecular weight excluding hydrogens is 108 g/mol. The first-order valence-corrected chi connectivity index (χ1v) is 3.08. The summed E-state index contributed by atoms with van der Waals surface area (Å²) >= 11 is 0. The van der Waals surface area contributed by atoms with E-state index in [-0.39, 0.29) is 0 Å². The van der Waals surface area contributed by atoms with Crippen molar-refractivity contribution in [1.82, 2.24) is 0 Å². The van der Waals surface area contributed by atoms with Crippen LogP contribution in [0.1, 0.15) is 6.42 Å². The van der Waals surface area contributed by atoms with Crippen LogP contribution in [0.2, 0.25) is 0 Å². The molecule has 0 fully saturated rings. The molecule has 0 heterocycles. The lowest BCUT2D eigenvalue weighted by Gasteiger charge is -1.97. The van der Waals surface area contributed by atoms with Gasteiger partial charge in [0.25, 0.3) is 0 Å². The number of hydrogen-bond donors (Lipinski definition) is 0. The Kier molecular flexibility index (Phi) is 2.08. The summed E-state index contributed by atoms with van der Waals surface area (Å²) in [6, 6.07) is 0. The van der Waals surface area contributed by atoms with E-state index in [0.717, 1.165) is 6.42 Å². The number of rotatable bonds is 1. The van der Waals surface area contributed by atoms with Crippen molar-refractivity contribution in [2.75, 3.05) is 0 Å². The van der Waals surface area contributed by atoms with Crippen LogP contribution in [0, 0.1) is 0 Å². The van der Waals surface area contributed by atoms with Gasteiger partial charge in [0.1, 0.15) is 0 Å². The van der Waals surface area contributed by atoms with Crippen molar-refractivity contribution in [2.45, 2.75) is 6.42 Å². The molecule has 0 radical (unpaired) electrons. The zero-order valence-electron chi connectivity index (χ0n) is 5.38. The van der Waals surface area contributed by atoms with E-state index in [1.54, 1.807) is 0 Å². The Morgan fingerprint density at radius 1 is 1.44 bits per heavy atom. The molecule has 0 aromatic carbocycles. The second-order valence-electron chi connectivity index (χ2n) is 1.97. The molecule has 0 aliphatic heterocycles. The summed E-state index contributed by atoms with van der Waals surface area (Å²) in [4.78, 5) is 0. The van der Waals surface area contributed by atoms with E-state index in [1.165, 1.54) is 5.57 Å². The van der Waals surface area contributed by atoms with Gasteiger partial charge >= 0.3 is 0 Å². The van der Waals surface area contributed by atoms with E-state index >= 15 is 0 Å². The zero-order chi connectivity index (χ0) is 6.53. The van der Waals surface area contributed by atoms with E-state index in [0.29, 0.717) is 0 Å². The van der Waals surface area contributed by atoms with Crippen LogP contribution < -0.4 is 0 Å². The van der Waals surface area contributed by atoms with Crippen molar-refractivity contribution in [1.29, 1.82) is 0 Å². The molecule has 0 bridgehead atoms. The van der Waals surface area contributed by atoms with E-state index in [9.17, 15) is 0 Å². The minimum Gasteiger partial charge on any atom is -0.0991 e. The quantitative estimate of drug-likeness (QED) is 0.496. The average molecular weight is 118 g/mol. The molecule has 0 heteroatoms. The largest absolute Gasteiger partial charge is 0.0991 e. The molecule has 9 heavy (non-hydrogen) atoms. The van der Waals surface area contributed by atoms with Gasteiger partial charge in [-0.15, -0.1) is 0 Å². The Morgan fingerprint density at radius 2 is 2.33 bits per heavy atom. The summed E-state index contributed by atoms with van der Waals surface area (Å²) in [5.74, 6) is 0.